The highest BCUT2D eigenvalue weighted by atomic mass is 19.1. The van der Waals surface area contributed by atoms with Crippen molar-refractivity contribution < 1.29 is 19.0 Å². The molecule has 170 valence electrons. The fraction of sp³-hybridized carbons (Fsp3) is 0.444. The number of carbonyl (C=O) groups is 1. The third-order valence-corrected chi connectivity index (χ3v) is 6.93. The molecule has 4 rings (SSSR count). The first-order chi connectivity index (χ1) is 15.3. The lowest BCUT2D eigenvalue weighted by atomic mass is 9.85. The van der Waals surface area contributed by atoms with Gasteiger partial charge in [-0.25, -0.2) is 4.39 Å². The summed E-state index contributed by atoms with van der Waals surface area (Å²) >= 11 is 0. The van der Waals surface area contributed by atoms with Crippen molar-refractivity contribution >= 4 is 11.5 Å². The van der Waals surface area contributed by atoms with E-state index >= 15 is 0 Å². The number of likely N-dealkylation sites (tertiary alicyclic amines) is 1. The Morgan fingerprint density at radius 3 is 2.53 bits per heavy atom. The number of ether oxygens (including phenoxy) is 1. The molecule has 2 aliphatic rings. The number of hydrogen-bond acceptors (Lipinski definition) is 3. The van der Waals surface area contributed by atoms with Crippen LogP contribution in [0.3, 0.4) is 0 Å². The summed E-state index contributed by atoms with van der Waals surface area (Å²) in [5.41, 5.74) is 8.56. The number of aliphatic carboxylic acids is 1. The third-order valence-electron chi connectivity index (χ3n) is 6.93. The van der Waals surface area contributed by atoms with Gasteiger partial charge in [-0.3, -0.25) is 9.69 Å². The molecule has 1 fully saturated rings. The lowest BCUT2D eigenvalue weighted by Gasteiger charge is -2.38. The molecular formula is C27H32FNO3. The van der Waals surface area contributed by atoms with Gasteiger partial charge in [0.1, 0.15) is 11.6 Å². The van der Waals surface area contributed by atoms with E-state index in [9.17, 15) is 9.18 Å². The summed E-state index contributed by atoms with van der Waals surface area (Å²) in [4.78, 5) is 13.3. The highest BCUT2D eigenvalue weighted by Gasteiger charge is 2.33. The normalized spacial score (nSPS) is 16.6. The van der Waals surface area contributed by atoms with Gasteiger partial charge in [0, 0.05) is 19.6 Å². The van der Waals surface area contributed by atoms with Crippen LogP contribution in [0.15, 0.2) is 35.9 Å². The molecule has 4 nitrogen and oxygen atoms in total. The summed E-state index contributed by atoms with van der Waals surface area (Å²) in [6, 6.07) is 9.56. The first-order valence-electron chi connectivity index (χ1n) is 11.5. The number of carboxylic acids is 1. The van der Waals surface area contributed by atoms with Gasteiger partial charge >= 0.3 is 5.97 Å². The molecule has 5 heteroatoms. The maximum Gasteiger partial charge on any atom is 0.309 e. The van der Waals surface area contributed by atoms with E-state index in [0.717, 1.165) is 49.1 Å². The lowest BCUT2D eigenvalue weighted by Crippen LogP contribution is -2.50. The van der Waals surface area contributed by atoms with E-state index in [1.54, 1.807) is 12.1 Å². The van der Waals surface area contributed by atoms with Crippen molar-refractivity contribution in [3.8, 4) is 5.75 Å². The molecule has 0 aromatic heterocycles. The highest BCUT2D eigenvalue weighted by molar-refractivity contribution is 5.73. The van der Waals surface area contributed by atoms with Crippen molar-refractivity contribution in [3.05, 3.63) is 69.5 Å². The Morgan fingerprint density at radius 2 is 1.84 bits per heavy atom. The SMILES string of the molecule is CC1=C(CN2CC(C(=O)O)C2)CCc2cc(OCCCc3c(C)cc(F)cc3C)ccc21. The molecule has 32 heavy (non-hydrogen) atoms. The van der Waals surface area contributed by atoms with Crippen molar-refractivity contribution in [1.29, 1.82) is 0 Å². The Bertz CT molecular complexity index is 1030. The monoisotopic (exact) mass is 437 g/mol. The zero-order valence-electron chi connectivity index (χ0n) is 19.2. The van der Waals surface area contributed by atoms with Gasteiger partial charge in [-0.1, -0.05) is 11.6 Å². The number of hydrogen-bond donors (Lipinski definition) is 1. The number of nitrogens with zero attached hydrogens (tertiary/aromatic N) is 1. The summed E-state index contributed by atoms with van der Waals surface area (Å²) in [6.07, 6.45) is 3.77. The fourth-order valence-electron chi connectivity index (χ4n) is 4.99. The maximum absolute atomic E-state index is 13.5. The molecule has 0 amide bonds. The Balaban J connectivity index is 1.32. The standard InChI is InChI=1S/C27H32FNO3/c1-17-11-23(28)12-18(2)25(17)5-4-10-32-24-8-9-26-19(3)21(7-6-20(26)13-24)14-29-15-22(16-29)27(30)31/h8-9,11-13,22H,4-7,10,14-16H2,1-3H3,(H,30,31). The summed E-state index contributed by atoms with van der Waals surface area (Å²) in [6.45, 7) is 8.92. The first-order valence-corrected chi connectivity index (χ1v) is 11.5. The van der Waals surface area contributed by atoms with Crippen LogP contribution in [0, 0.1) is 25.6 Å². The van der Waals surface area contributed by atoms with Crippen LogP contribution in [0.25, 0.3) is 5.57 Å². The summed E-state index contributed by atoms with van der Waals surface area (Å²) in [5, 5.41) is 9.07. The van der Waals surface area contributed by atoms with Gasteiger partial charge in [0.2, 0.25) is 0 Å². The van der Waals surface area contributed by atoms with Gasteiger partial charge < -0.3 is 9.84 Å². The number of allylic oxidation sites excluding steroid dienone is 1. The summed E-state index contributed by atoms with van der Waals surface area (Å²) in [5.74, 6) is -0.158. The van der Waals surface area contributed by atoms with Gasteiger partial charge in [0.15, 0.2) is 0 Å². The van der Waals surface area contributed by atoms with Crippen molar-refractivity contribution in [2.75, 3.05) is 26.2 Å². The van der Waals surface area contributed by atoms with E-state index in [2.05, 4.69) is 24.0 Å². The minimum Gasteiger partial charge on any atom is -0.494 e. The van der Waals surface area contributed by atoms with Crippen LogP contribution in [0.5, 0.6) is 5.75 Å². The molecule has 0 spiro atoms. The van der Waals surface area contributed by atoms with E-state index in [1.807, 2.05) is 19.9 Å². The van der Waals surface area contributed by atoms with Crippen molar-refractivity contribution in [2.24, 2.45) is 5.92 Å². The molecule has 2 aromatic carbocycles. The average Bonchev–Trinajstić information content (AvgIpc) is 2.70. The van der Waals surface area contributed by atoms with Crippen molar-refractivity contribution in [2.45, 2.75) is 46.5 Å². The van der Waals surface area contributed by atoms with Crippen LogP contribution in [0.1, 0.15) is 47.6 Å². The molecule has 0 unspecified atom stereocenters. The fourth-order valence-corrected chi connectivity index (χ4v) is 4.99. The quantitative estimate of drug-likeness (QED) is 0.578. The molecule has 0 saturated carbocycles. The molecule has 1 saturated heterocycles. The number of carboxylic acid groups (broad SMARTS) is 1. The Morgan fingerprint density at radius 1 is 1.12 bits per heavy atom. The van der Waals surface area contributed by atoms with Crippen LogP contribution in [-0.4, -0.2) is 42.2 Å². The Kier molecular flexibility index (Phi) is 6.66. The molecule has 1 aliphatic carbocycles. The molecule has 0 radical (unpaired) electrons. The van der Waals surface area contributed by atoms with Gasteiger partial charge in [-0.2, -0.15) is 0 Å². The predicted molar refractivity (Wildman–Crippen MR) is 125 cm³/mol. The number of benzene rings is 2. The molecular weight excluding hydrogens is 405 g/mol. The zero-order valence-corrected chi connectivity index (χ0v) is 19.2. The van der Waals surface area contributed by atoms with Crippen LogP contribution >= 0.6 is 0 Å². The summed E-state index contributed by atoms with van der Waals surface area (Å²) in [7, 11) is 0. The van der Waals surface area contributed by atoms with E-state index in [4.69, 9.17) is 9.84 Å². The van der Waals surface area contributed by atoms with E-state index < -0.39 is 5.97 Å². The number of halogens is 1. The predicted octanol–water partition coefficient (Wildman–Crippen LogP) is 5.19. The first kappa shape index (κ1) is 22.5. The van der Waals surface area contributed by atoms with Crippen molar-refractivity contribution in [1.82, 2.24) is 4.90 Å². The maximum atomic E-state index is 13.5. The average molecular weight is 438 g/mol. The molecule has 1 aliphatic heterocycles. The zero-order chi connectivity index (χ0) is 22.8. The summed E-state index contributed by atoms with van der Waals surface area (Å²) < 4.78 is 19.5. The van der Waals surface area contributed by atoms with Crippen LogP contribution in [0.4, 0.5) is 4.39 Å². The van der Waals surface area contributed by atoms with Crippen LogP contribution in [-0.2, 0) is 17.6 Å². The van der Waals surface area contributed by atoms with Crippen LogP contribution < -0.4 is 4.74 Å². The van der Waals surface area contributed by atoms with E-state index in [-0.39, 0.29) is 11.7 Å². The minimum atomic E-state index is -0.684. The topological polar surface area (TPSA) is 49.8 Å². The smallest absolute Gasteiger partial charge is 0.309 e. The van der Waals surface area contributed by atoms with Gasteiger partial charge in [0.25, 0.3) is 0 Å². The Hall–Kier alpha value is -2.66. The van der Waals surface area contributed by atoms with Gasteiger partial charge in [-0.15, -0.1) is 0 Å². The molecule has 1 heterocycles. The molecule has 0 atom stereocenters. The molecule has 2 aromatic rings. The Labute approximate surface area is 189 Å². The van der Waals surface area contributed by atoms with Crippen molar-refractivity contribution in [3.63, 3.8) is 0 Å². The van der Waals surface area contributed by atoms with E-state index in [0.29, 0.717) is 19.7 Å². The minimum absolute atomic E-state index is 0.170. The highest BCUT2D eigenvalue weighted by Crippen LogP contribution is 2.34. The third kappa shape index (κ3) is 4.88. The second-order valence-electron chi connectivity index (χ2n) is 9.25. The second-order valence-corrected chi connectivity index (χ2v) is 9.25. The van der Waals surface area contributed by atoms with Gasteiger partial charge in [0.05, 0.1) is 12.5 Å². The largest absolute Gasteiger partial charge is 0.494 e. The number of rotatable bonds is 8. The number of aryl methyl sites for hydroxylation is 3. The second kappa shape index (κ2) is 9.45. The van der Waals surface area contributed by atoms with E-state index in [1.165, 1.54) is 27.8 Å². The molecule has 0 bridgehead atoms. The molecule has 1 N–H and O–H groups in total. The van der Waals surface area contributed by atoms with Crippen LogP contribution in [0.2, 0.25) is 0 Å². The van der Waals surface area contributed by atoms with Gasteiger partial charge in [-0.05, 0) is 104 Å². The number of fused-ring (bicyclic) bond motifs is 1. The lowest BCUT2D eigenvalue weighted by molar-refractivity contribution is -0.147.